The van der Waals surface area contributed by atoms with Crippen LogP contribution in [0.3, 0.4) is 0 Å². The van der Waals surface area contributed by atoms with Crippen LogP contribution in [-0.2, 0) is 0 Å². The summed E-state index contributed by atoms with van der Waals surface area (Å²) in [6.45, 7) is 6.93. The lowest BCUT2D eigenvalue weighted by Gasteiger charge is -2.17. The lowest BCUT2D eigenvalue weighted by atomic mass is 10.1. The van der Waals surface area contributed by atoms with E-state index in [1.807, 2.05) is 26.8 Å². The van der Waals surface area contributed by atoms with Crippen molar-refractivity contribution in [3.05, 3.63) is 59.6 Å². The summed E-state index contributed by atoms with van der Waals surface area (Å²) in [7, 11) is 0. The molecule has 3 aromatic rings. The quantitative estimate of drug-likeness (QED) is 0.519. The number of rotatable bonds is 9. The molecule has 30 heavy (non-hydrogen) atoms. The van der Waals surface area contributed by atoms with Gasteiger partial charge in [0.1, 0.15) is 0 Å². The van der Waals surface area contributed by atoms with Crippen LogP contribution in [0.5, 0.6) is 17.2 Å². The fourth-order valence-corrected chi connectivity index (χ4v) is 3.20. The predicted molar refractivity (Wildman–Crippen MR) is 116 cm³/mol. The van der Waals surface area contributed by atoms with Gasteiger partial charge in [0.05, 0.1) is 36.9 Å². The van der Waals surface area contributed by atoms with Crippen molar-refractivity contribution in [2.75, 3.05) is 25.1 Å². The number of anilines is 1. The van der Waals surface area contributed by atoms with Crippen molar-refractivity contribution in [3.63, 3.8) is 0 Å². The number of hydrogen-bond acceptors (Lipinski definition) is 5. The molecule has 1 aromatic heterocycles. The van der Waals surface area contributed by atoms with E-state index >= 15 is 0 Å². The van der Waals surface area contributed by atoms with E-state index in [0.717, 1.165) is 5.69 Å². The zero-order chi connectivity index (χ0) is 21.5. The fourth-order valence-electron chi connectivity index (χ4n) is 2.92. The van der Waals surface area contributed by atoms with Crippen LogP contribution in [0.25, 0.3) is 5.69 Å². The van der Waals surface area contributed by atoms with Gasteiger partial charge in [-0.25, -0.2) is 4.98 Å². The van der Waals surface area contributed by atoms with Gasteiger partial charge in [0.15, 0.2) is 11.5 Å². The number of amides is 1. The van der Waals surface area contributed by atoms with Crippen LogP contribution >= 0.6 is 11.6 Å². The second kappa shape index (κ2) is 10.0. The first-order valence-electron chi connectivity index (χ1n) is 9.73. The van der Waals surface area contributed by atoms with Gasteiger partial charge in [-0.1, -0.05) is 11.6 Å². The van der Waals surface area contributed by atoms with Gasteiger partial charge >= 0.3 is 0 Å². The van der Waals surface area contributed by atoms with Crippen LogP contribution < -0.4 is 19.5 Å². The Morgan fingerprint density at radius 1 is 1.03 bits per heavy atom. The number of nitrogens with zero attached hydrogens (tertiary/aromatic N) is 2. The van der Waals surface area contributed by atoms with E-state index in [2.05, 4.69) is 10.3 Å². The third-order valence-electron chi connectivity index (χ3n) is 4.16. The first-order valence-corrected chi connectivity index (χ1v) is 10.1. The van der Waals surface area contributed by atoms with Gasteiger partial charge in [-0.2, -0.15) is 0 Å². The molecular formula is C22H24ClN3O4. The van der Waals surface area contributed by atoms with Crippen molar-refractivity contribution >= 4 is 23.2 Å². The molecule has 0 saturated carbocycles. The van der Waals surface area contributed by atoms with E-state index in [-0.39, 0.29) is 5.91 Å². The molecule has 0 radical (unpaired) electrons. The summed E-state index contributed by atoms with van der Waals surface area (Å²) in [4.78, 5) is 16.9. The van der Waals surface area contributed by atoms with Gasteiger partial charge in [0.2, 0.25) is 5.75 Å². The first kappa shape index (κ1) is 21.5. The summed E-state index contributed by atoms with van der Waals surface area (Å²) in [6.07, 6.45) is 5.12. The molecule has 2 aromatic carbocycles. The van der Waals surface area contributed by atoms with Gasteiger partial charge in [-0.05, 0) is 51.1 Å². The highest BCUT2D eigenvalue weighted by Gasteiger charge is 2.18. The molecule has 0 aliphatic carbocycles. The zero-order valence-corrected chi connectivity index (χ0v) is 17.9. The summed E-state index contributed by atoms with van der Waals surface area (Å²) < 4.78 is 18.8. The van der Waals surface area contributed by atoms with Crippen LogP contribution in [0.2, 0.25) is 5.02 Å². The molecule has 7 nitrogen and oxygen atoms in total. The molecule has 0 atom stereocenters. The minimum Gasteiger partial charge on any atom is -0.490 e. The molecule has 1 amide bonds. The number of nitrogens with one attached hydrogen (secondary N) is 1. The average molecular weight is 430 g/mol. The van der Waals surface area contributed by atoms with Gasteiger partial charge in [0.25, 0.3) is 5.91 Å². The molecular weight excluding hydrogens is 406 g/mol. The fraction of sp³-hybridized carbons (Fsp3) is 0.273. The number of benzene rings is 2. The molecule has 0 aliphatic rings. The zero-order valence-electron chi connectivity index (χ0n) is 17.1. The van der Waals surface area contributed by atoms with Crippen LogP contribution in [0.4, 0.5) is 5.69 Å². The minimum atomic E-state index is -0.314. The van der Waals surface area contributed by atoms with Crippen LogP contribution in [-0.4, -0.2) is 35.3 Å². The lowest BCUT2D eigenvalue weighted by molar-refractivity contribution is 0.102. The molecule has 0 fully saturated rings. The van der Waals surface area contributed by atoms with E-state index in [1.165, 1.54) is 0 Å². The summed E-state index contributed by atoms with van der Waals surface area (Å²) in [5.41, 5.74) is 1.73. The highest BCUT2D eigenvalue weighted by Crippen LogP contribution is 2.39. The Morgan fingerprint density at radius 3 is 2.23 bits per heavy atom. The third kappa shape index (κ3) is 4.86. The van der Waals surface area contributed by atoms with E-state index in [9.17, 15) is 4.79 Å². The van der Waals surface area contributed by atoms with E-state index in [1.54, 1.807) is 47.6 Å². The number of carbonyl (C=O) groups excluding carboxylic acids is 1. The van der Waals surface area contributed by atoms with Gasteiger partial charge in [-0.3, -0.25) is 4.79 Å². The van der Waals surface area contributed by atoms with Crippen LogP contribution in [0, 0.1) is 0 Å². The molecule has 158 valence electrons. The smallest absolute Gasteiger partial charge is 0.255 e. The molecule has 1 heterocycles. The second-order valence-electron chi connectivity index (χ2n) is 6.19. The number of halogens is 1. The van der Waals surface area contributed by atoms with Crippen molar-refractivity contribution in [1.29, 1.82) is 0 Å². The van der Waals surface area contributed by atoms with Crippen molar-refractivity contribution < 1.29 is 19.0 Å². The number of aromatic nitrogens is 2. The Hall–Kier alpha value is -3.19. The SMILES string of the molecule is CCOc1cc(C(=O)Nc2ccc(-n3ccnc3)c(Cl)c2)cc(OCC)c1OCC. The Morgan fingerprint density at radius 2 is 1.70 bits per heavy atom. The highest BCUT2D eigenvalue weighted by atomic mass is 35.5. The maximum atomic E-state index is 12.9. The standard InChI is InChI=1S/C22H24ClN3O4/c1-4-28-19-11-15(12-20(29-5-2)21(19)30-6-3)22(27)25-16-7-8-18(17(23)13-16)26-10-9-24-14-26/h7-14H,4-6H2,1-3H3,(H,25,27). The largest absolute Gasteiger partial charge is 0.490 e. The maximum absolute atomic E-state index is 12.9. The van der Waals surface area contributed by atoms with E-state index < -0.39 is 0 Å². The van der Waals surface area contributed by atoms with Crippen molar-refractivity contribution in [2.24, 2.45) is 0 Å². The van der Waals surface area contributed by atoms with Crippen LogP contribution in [0.15, 0.2) is 49.1 Å². The molecule has 0 aliphatic heterocycles. The van der Waals surface area contributed by atoms with Gasteiger partial charge in [0, 0.05) is 23.6 Å². The van der Waals surface area contributed by atoms with Gasteiger partial charge in [-0.15, -0.1) is 0 Å². The molecule has 0 bridgehead atoms. The first-order chi connectivity index (χ1) is 14.6. The summed E-state index contributed by atoms with van der Waals surface area (Å²) >= 11 is 6.38. The molecule has 8 heteroatoms. The predicted octanol–water partition coefficient (Wildman–Crippen LogP) is 4.97. The summed E-state index contributed by atoms with van der Waals surface area (Å²) in [6, 6.07) is 8.58. The van der Waals surface area contributed by atoms with Crippen molar-refractivity contribution in [1.82, 2.24) is 9.55 Å². The number of hydrogen-bond donors (Lipinski definition) is 1. The van der Waals surface area contributed by atoms with Crippen molar-refractivity contribution in [3.8, 4) is 22.9 Å². The number of ether oxygens (including phenoxy) is 3. The monoisotopic (exact) mass is 429 g/mol. The highest BCUT2D eigenvalue weighted by molar-refractivity contribution is 6.32. The third-order valence-corrected chi connectivity index (χ3v) is 4.46. The average Bonchev–Trinajstić information content (AvgIpc) is 3.25. The van der Waals surface area contributed by atoms with E-state index in [0.29, 0.717) is 53.3 Å². The molecule has 0 unspecified atom stereocenters. The Labute approximate surface area is 180 Å². The van der Waals surface area contributed by atoms with Crippen LogP contribution in [0.1, 0.15) is 31.1 Å². The Bertz CT molecular complexity index is 979. The topological polar surface area (TPSA) is 74.6 Å². The molecule has 0 spiro atoms. The van der Waals surface area contributed by atoms with E-state index in [4.69, 9.17) is 25.8 Å². The minimum absolute atomic E-state index is 0.314. The normalized spacial score (nSPS) is 10.5. The van der Waals surface area contributed by atoms with Crippen molar-refractivity contribution in [2.45, 2.75) is 20.8 Å². The molecule has 0 saturated heterocycles. The summed E-state index contributed by atoms with van der Waals surface area (Å²) in [5, 5.41) is 3.35. The van der Waals surface area contributed by atoms with Gasteiger partial charge < -0.3 is 24.1 Å². The maximum Gasteiger partial charge on any atom is 0.255 e. The molecule has 1 N–H and O–H groups in total. The number of imidazole rings is 1. The lowest BCUT2D eigenvalue weighted by Crippen LogP contribution is -2.13. The Balaban J connectivity index is 1.88. The Kier molecular flexibility index (Phi) is 7.19. The molecule has 3 rings (SSSR count). The second-order valence-corrected chi connectivity index (χ2v) is 6.60. The number of carbonyl (C=O) groups is 1. The summed E-state index contributed by atoms with van der Waals surface area (Å²) in [5.74, 6) is 1.10.